The normalized spacial score (nSPS) is 16.4. The third-order valence-corrected chi connectivity index (χ3v) is 4.81. The molecular weight excluding hydrogens is 378 g/mol. The smallest absolute Gasteiger partial charge is 0.241 e. The third kappa shape index (κ3) is 5.03. The van der Waals surface area contributed by atoms with E-state index in [1.807, 2.05) is 55.3 Å². The fraction of sp³-hybridized carbons (Fsp3) is 0.333. The van der Waals surface area contributed by atoms with E-state index in [0.29, 0.717) is 29.6 Å². The van der Waals surface area contributed by atoms with E-state index in [2.05, 4.69) is 5.32 Å². The molecule has 1 aliphatic rings. The lowest BCUT2D eigenvalue weighted by Gasteiger charge is -2.29. The van der Waals surface area contributed by atoms with E-state index >= 15 is 0 Å². The van der Waals surface area contributed by atoms with Crippen LogP contribution in [0.2, 0.25) is 5.02 Å². The number of carbonyl (C=O) groups is 2. The van der Waals surface area contributed by atoms with Gasteiger partial charge in [0, 0.05) is 24.0 Å². The molecule has 0 saturated carbocycles. The number of carbonyl (C=O) groups excluding carboxylic acids is 2. The highest BCUT2D eigenvalue weighted by Gasteiger charge is 2.29. The molecule has 0 aliphatic carbocycles. The zero-order chi connectivity index (χ0) is 20.1. The number of fused-ring (bicyclic) bond motifs is 1. The number of hydrogen-bond acceptors (Lipinski definition) is 4. The topological polar surface area (TPSA) is 61.9 Å². The van der Waals surface area contributed by atoms with Crippen LogP contribution in [-0.4, -0.2) is 49.5 Å². The van der Waals surface area contributed by atoms with Crippen LogP contribution < -0.4 is 15.0 Å². The lowest BCUT2D eigenvalue weighted by molar-refractivity contribution is -0.120. The Balaban J connectivity index is 1.60. The van der Waals surface area contributed by atoms with Crippen LogP contribution in [0.4, 0.5) is 11.4 Å². The summed E-state index contributed by atoms with van der Waals surface area (Å²) in [6.45, 7) is 3.14. The molecule has 0 fully saturated rings. The average Bonchev–Trinajstić information content (AvgIpc) is 2.75. The van der Waals surface area contributed by atoms with Gasteiger partial charge in [0.2, 0.25) is 11.8 Å². The lowest BCUT2D eigenvalue weighted by Crippen LogP contribution is -2.44. The standard InChI is InChI=1S/C21H24ClN3O3/c1-15-12-20(26)23-18-8-3-4-9-19(18)25(15)21(27)14-24(2)10-11-28-17-7-5-6-16(22)13-17/h3-9,13,15H,10-12,14H2,1-2H3,(H,23,26)/t15-/m1/s1. The van der Waals surface area contributed by atoms with Crippen LogP contribution in [0.25, 0.3) is 0 Å². The van der Waals surface area contributed by atoms with E-state index < -0.39 is 0 Å². The number of nitrogens with one attached hydrogen (secondary N) is 1. The summed E-state index contributed by atoms with van der Waals surface area (Å²) in [5, 5.41) is 3.49. The lowest BCUT2D eigenvalue weighted by atomic mass is 10.1. The van der Waals surface area contributed by atoms with E-state index in [0.717, 1.165) is 5.69 Å². The Labute approximate surface area is 170 Å². The van der Waals surface area contributed by atoms with Crippen LogP contribution in [0, 0.1) is 0 Å². The molecule has 28 heavy (non-hydrogen) atoms. The maximum absolute atomic E-state index is 13.0. The summed E-state index contributed by atoms with van der Waals surface area (Å²) in [6.07, 6.45) is 0.266. The summed E-state index contributed by atoms with van der Waals surface area (Å²) >= 11 is 5.95. The minimum atomic E-state index is -0.215. The van der Waals surface area contributed by atoms with Gasteiger partial charge < -0.3 is 15.0 Å². The van der Waals surface area contributed by atoms with Crippen molar-refractivity contribution in [1.82, 2.24) is 4.90 Å². The number of nitrogens with zero attached hydrogens (tertiary/aromatic N) is 2. The number of para-hydroxylation sites is 2. The molecule has 2 aromatic carbocycles. The predicted octanol–water partition coefficient (Wildman–Crippen LogP) is 3.41. The van der Waals surface area contributed by atoms with E-state index in [4.69, 9.17) is 16.3 Å². The van der Waals surface area contributed by atoms with Crippen molar-refractivity contribution >= 4 is 34.8 Å². The first kappa shape index (κ1) is 20.2. The molecule has 1 N–H and O–H groups in total. The fourth-order valence-electron chi connectivity index (χ4n) is 3.23. The number of amides is 2. The number of hydrogen-bond donors (Lipinski definition) is 1. The van der Waals surface area contributed by atoms with Crippen LogP contribution in [-0.2, 0) is 9.59 Å². The second-order valence-corrected chi connectivity index (χ2v) is 7.36. The third-order valence-electron chi connectivity index (χ3n) is 4.57. The fourth-order valence-corrected chi connectivity index (χ4v) is 3.41. The van der Waals surface area contributed by atoms with Crippen molar-refractivity contribution in [2.75, 3.05) is 37.0 Å². The summed E-state index contributed by atoms with van der Waals surface area (Å²) in [4.78, 5) is 28.7. The Morgan fingerprint density at radius 3 is 2.86 bits per heavy atom. The highest BCUT2D eigenvalue weighted by Crippen LogP contribution is 2.31. The number of benzene rings is 2. The van der Waals surface area contributed by atoms with E-state index in [1.54, 1.807) is 17.0 Å². The van der Waals surface area contributed by atoms with Gasteiger partial charge in [-0.15, -0.1) is 0 Å². The molecular formula is C21H24ClN3O3. The SMILES string of the molecule is C[C@@H]1CC(=O)Nc2ccccc2N1C(=O)CN(C)CCOc1cccc(Cl)c1. The second kappa shape index (κ2) is 9.08. The van der Waals surface area contributed by atoms with Crippen LogP contribution in [0.3, 0.4) is 0 Å². The molecule has 1 heterocycles. The summed E-state index contributed by atoms with van der Waals surface area (Å²) in [5.41, 5.74) is 1.39. The highest BCUT2D eigenvalue weighted by molar-refractivity contribution is 6.30. The quantitative estimate of drug-likeness (QED) is 0.805. The maximum atomic E-state index is 13.0. The van der Waals surface area contributed by atoms with Crippen molar-refractivity contribution in [3.63, 3.8) is 0 Å². The molecule has 2 aromatic rings. The first-order chi connectivity index (χ1) is 13.4. The van der Waals surface area contributed by atoms with Crippen LogP contribution in [0.5, 0.6) is 5.75 Å². The molecule has 0 radical (unpaired) electrons. The number of halogens is 1. The molecule has 0 unspecified atom stereocenters. The maximum Gasteiger partial charge on any atom is 0.241 e. The zero-order valence-electron chi connectivity index (χ0n) is 16.0. The number of rotatable bonds is 6. The van der Waals surface area contributed by atoms with E-state index in [1.165, 1.54) is 0 Å². The Bertz CT molecular complexity index is 858. The average molecular weight is 402 g/mol. The molecule has 0 bridgehead atoms. The molecule has 0 aromatic heterocycles. The molecule has 6 nitrogen and oxygen atoms in total. The van der Waals surface area contributed by atoms with Gasteiger partial charge in [0.25, 0.3) is 0 Å². The van der Waals surface area contributed by atoms with Crippen molar-refractivity contribution < 1.29 is 14.3 Å². The molecule has 7 heteroatoms. The molecule has 1 atom stereocenters. The monoisotopic (exact) mass is 401 g/mol. The second-order valence-electron chi connectivity index (χ2n) is 6.93. The van der Waals surface area contributed by atoms with Crippen molar-refractivity contribution in [2.24, 2.45) is 0 Å². The Hall–Kier alpha value is -2.57. The molecule has 3 rings (SSSR count). The molecule has 2 amide bonds. The summed E-state index contributed by atoms with van der Waals surface area (Å²) in [5.74, 6) is 0.562. The first-order valence-electron chi connectivity index (χ1n) is 9.22. The van der Waals surface area contributed by atoms with Crippen molar-refractivity contribution in [1.29, 1.82) is 0 Å². The Morgan fingerprint density at radius 2 is 2.07 bits per heavy atom. The van der Waals surface area contributed by atoms with Gasteiger partial charge in [-0.3, -0.25) is 14.5 Å². The van der Waals surface area contributed by atoms with Crippen LogP contribution in [0.1, 0.15) is 13.3 Å². The minimum absolute atomic E-state index is 0.0540. The summed E-state index contributed by atoms with van der Waals surface area (Å²) < 4.78 is 5.69. The largest absolute Gasteiger partial charge is 0.492 e. The van der Waals surface area contributed by atoms with Gasteiger partial charge in [0.05, 0.1) is 17.9 Å². The Kier molecular flexibility index (Phi) is 6.54. The van der Waals surface area contributed by atoms with Gasteiger partial charge in [-0.1, -0.05) is 29.8 Å². The van der Waals surface area contributed by atoms with Gasteiger partial charge in [0.1, 0.15) is 12.4 Å². The number of likely N-dealkylation sites (N-methyl/N-ethyl adjacent to an activating group) is 1. The summed E-state index contributed by atoms with van der Waals surface area (Å²) in [7, 11) is 1.87. The number of ether oxygens (including phenoxy) is 1. The van der Waals surface area contributed by atoms with Crippen molar-refractivity contribution in [2.45, 2.75) is 19.4 Å². The highest BCUT2D eigenvalue weighted by atomic mass is 35.5. The molecule has 0 spiro atoms. The Morgan fingerprint density at radius 1 is 1.29 bits per heavy atom. The van der Waals surface area contributed by atoms with Crippen LogP contribution in [0.15, 0.2) is 48.5 Å². The van der Waals surface area contributed by atoms with E-state index in [9.17, 15) is 9.59 Å². The van der Waals surface area contributed by atoms with Crippen LogP contribution >= 0.6 is 11.6 Å². The van der Waals surface area contributed by atoms with Crippen molar-refractivity contribution in [3.05, 3.63) is 53.6 Å². The number of anilines is 2. The van der Waals surface area contributed by atoms with Gasteiger partial charge in [-0.25, -0.2) is 0 Å². The van der Waals surface area contributed by atoms with Crippen molar-refractivity contribution in [3.8, 4) is 5.75 Å². The first-order valence-corrected chi connectivity index (χ1v) is 9.59. The molecule has 148 valence electrons. The summed E-state index contributed by atoms with van der Waals surface area (Å²) in [6, 6.07) is 14.4. The zero-order valence-corrected chi connectivity index (χ0v) is 16.8. The van der Waals surface area contributed by atoms with Gasteiger partial charge in [-0.2, -0.15) is 0 Å². The molecule has 1 aliphatic heterocycles. The van der Waals surface area contributed by atoms with E-state index in [-0.39, 0.29) is 30.8 Å². The predicted molar refractivity (Wildman–Crippen MR) is 111 cm³/mol. The van der Waals surface area contributed by atoms with Gasteiger partial charge >= 0.3 is 0 Å². The minimum Gasteiger partial charge on any atom is -0.492 e. The molecule has 0 saturated heterocycles. The van der Waals surface area contributed by atoms with Gasteiger partial charge in [-0.05, 0) is 44.3 Å². The van der Waals surface area contributed by atoms with Gasteiger partial charge in [0.15, 0.2) is 0 Å².